The molecular formula is C13H16N2O3S. The van der Waals surface area contributed by atoms with E-state index < -0.39 is 5.97 Å². The van der Waals surface area contributed by atoms with E-state index in [1.165, 1.54) is 12.6 Å². The van der Waals surface area contributed by atoms with Gasteiger partial charge in [-0.3, -0.25) is 14.6 Å². The molecule has 2 rings (SSSR count). The molecular weight excluding hydrogens is 264 g/mol. The topological polar surface area (TPSA) is 79.3 Å². The van der Waals surface area contributed by atoms with Crippen LogP contribution in [0, 0.1) is 0 Å². The number of aromatic nitrogens is 1. The first-order valence-corrected chi connectivity index (χ1v) is 7.29. The highest BCUT2D eigenvalue weighted by Crippen LogP contribution is 2.26. The number of nitrogens with zero attached hydrogens (tertiary/aromatic N) is 1. The smallest absolute Gasteiger partial charge is 0.309 e. The second kappa shape index (κ2) is 6.56. The first-order valence-electron chi connectivity index (χ1n) is 6.24. The molecule has 1 aliphatic rings. The van der Waals surface area contributed by atoms with Crippen molar-refractivity contribution in [3.63, 3.8) is 0 Å². The molecule has 0 aromatic carbocycles. The number of aliphatic carboxylic acids is 1. The van der Waals surface area contributed by atoms with Gasteiger partial charge in [-0.1, -0.05) is 6.42 Å². The highest BCUT2D eigenvalue weighted by molar-refractivity contribution is 8.00. The van der Waals surface area contributed by atoms with Crippen LogP contribution >= 0.6 is 11.8 Å². The zero-order valence-electron chi connectivity index (χ0n) is 10.5. The van der Waals surface area contributed by atoms with Crippen molar-refractivity contribution in [3.8, 4) is 0 Å². The van der Waals surface area contributed by atoms with Crippen LogP contribution in [0.5, 0.6) is 0 Å². The van der Waals surface area contributed by atoms with E-state index in [1.54, 1.807) is 23.9 Å². The summed E-state index contributed by atoms with van der Waals surface area (Å²) in [6.07, 6.45) is 4.60. The van der Waals surface area contributed by atoms with E-state index in [2.05, 4.69) is 10.3 Å². The summed E-state index contributed by atoms with van der Waals surface area (Å²) < 4.78 is 0. The Bertz CT molecular complexity index is 455. The Balaban J connectivity index is 1.91. The number of hydrogen-bond acceptors (Lipinski definition) is 4. The SMILES string of the molecule is O=C(O)Cc1ccc(NC(=O)C2CCCCS2)cn1. The number of pyridine rings is 1. The Hall–Kier alpha value is -1.56. The molecule has 1 amide bonds. The van der Waals surface area contributed by atoms with Crippen molar-refractivity contribution >= 4 is 29.3 Å². The van der Waals surface area contributed by atoms with Gasteiger partial charge in [-0.15, -0.1) is 11.8 Å². The summed E-state index contributed by atoms with van der Waals surface area (Å²) >= 11 is 1.69. The molecule has 1 atom stereocenters. The predicted molar refractivity (Wildman–Crippen MR) is 74.3 cm³/mol. The number of amides is 1. The normalized spacial score (nSPS) is 18.8. The van der Waals surface area contributed by atoms with Crippen molar-refractivity contribution in [1.82, 2.24) is 4.98 Å². The molecule has 2 N–H and O–H groups in total. The first kappa shape index (κ1) is 13.9. The second-order valence-corrected chi connectivity index (χ2v) is 5.76. The zero-order chi connectivity index (χ0) is 13.7. The molecule has 1 saturated heterocycles. The van der Waals surface area contributed by atoms with Crippen LogP contribution in [0.4, 0.5) is 5.69 Å². The minimum absolute atomic E-state index is 0.0116. The van der Waals surface area contributed by atoms with Gasteiger partial charge in [-0.25, -0.2) is 0 Å². The van der Waals surface area contributed by atoms with Crippen LogP contribution in [-0.4, -0.2) is 33.0 Å². The largest absolute Gasteiger partial charge is 0.481 e. The van der Waals surface area contributed by atoms with Gasteiger partial charge >= 0.3 is 5.97 Å². The fraction of sp³-hybridized carbons (Fsp3) is 0.462. The quantitative estimate of drug-likeness (QED) is 0.881. The molecule has 0 spiro atoms. The fourth-order valence-corrected chi connectivity index (χ4v) is 3.13. The Kier molecular flexibility index (Phi) is 4.79. The lowest BCUT2D eigenvalue weighted by atomic mass is 10.2. The summed E-state index contributed by atoms with van der Waals surface area (Å²) in [5.41, 5.74) is 1.10. The van der Waals surface area contributed by atoms with Crippen molar-refractivity contribution in [2.24, 2.45) is 0 Å². The molecule has 1 aliphatic heterocycles. The van der Waals surface area contributed by atoms with Gasteiger partial charge in [0.15, 0.2) is 0 Å². The molecule has 6 heteroatoms. The highest BCUT2D eigenvalue weighted by Gasteiger charge is 2.21. The summed E-state index contributed by atoms with van der Waals surface area (Å²) in [7, 11) is 0. The molecule has 1 fully saturated rings. The summed E-state index contributed by atoms with van der Waals surface area (Å²) in [5, 5.41) is 11.5. The average Bonchev–Trinajstić information content (AvgIpc) is 2.41. The minimum Gasteiger partial charge on any atom is -0.481 e. The van der Waals surface area contributed by atoms with Crippen LogP contribution < -0.4 is 5.32 Å². The predicted octanol–water partition coefficient (Wildman–Crippen LogP) is 1.93. The monoisotopic (exact) mass is 280 g/mol. The van der Waals surface area contributed by atoms with Gasteiger partial charge in [0.1, 0.15) is 0 Å². The Morgan fingerprint density at radius 1 is 1.42 bits per heavy atom. The van der Waals surface area contributed by atoms with Gasteiger partial charge in [0.05, 0.1) is 29.2 Å². The van der Waals surface area contributed by atoms with E-state index in [1.807, 2.05) is 0 Å². The van der Waals surface area contributed by atoms with Gasteiger partial charge in [0.25, 0.3) is 0 Å². The molecule has 19 heavy (non-hydrogen) atoms. The van der Waals surface area contributed by atoms with E-state index in [4.69, 9.17) is 5.11 Å². The maximum absolute atomic E-state index is 12.0. The third kappa shape index (κ3) is 4.24. The number of carboxylic acid groups (broad SMARTS) is 1. The molecule has 2 heterocycles. The third-order valence-corrected chi connectivity index (χ3v) is 4.27. The van der Waals surface area contributed by atoms with E-state index in [-0.39, 0.29) is 17.6 Å². The van der Waals surface area contributed by atoms with Crippen LogP contribution in [0.25, 0.3) is 0 Å². The maximum Gasteiger partial charge on any atom is 0.309 e. The molecule has 0 aliphatic carbocycles. The molecule has 0 saturated carbocycles. The van der Waals surface area contributed by atoms with E-state index in [0.717, 1.165) is 18.6 Å². The number of rotatable bonds is 4. The summed E-state index contributed by atoms with van der Waals surface area (Å²) in [4.78, 5) is 26.5. The molecule has 0 radical (unpaired) electrons. The van der Waals surface area contributed by atoms with Gasteiger partial charge in [-0.05, 0) is 30.7 Å². The number of carbonyl (C=O) groups excluding carboxylic acids is 1. The van der Waals surface area contributed by atoms with Crippen LogP contribution in [-0.2, 0) is 16.0 Å². The number of carboxylic acids is 1. The standard InChI is InChI=1S/C13H16N2O3S/c16-12(17)7-9-4-5-10(8-14-9)15-13(18)11-3-1-2-6-19-11/h4-5,8,11H,1-3,6-7H2,(H,15,18)(H,16,17). The molecule has 5 nitrogen and oxygen atoms in total. The Morgan fingerprint density at radius 3 is 2.84 bits per heavy atom. The van der Waals surface area contributed by atoms with Crippen LogP contribution in [0.2, 0.25) is 0 Å². The lowest BCUT2D eigenvalue weighted by Gasteiger charge is -2.20. The minimum atomic E-state index is -0.914. The van der Waals surface area contributed by atoms with E-state index in [9.17, 15) is 9.59 Å². The number of hydrogen-bond donors (Lipinski definition) is 2. The van der Waals surface area contributed by atoms with Gasteiger partial charge in [-0.2, -0.15) is 0 Å². The molecule has 102 valence electrons. The number of anilines is 1. The highest BCUT2D eigenvalue weighted by atomic mass is 32.2. The van der Waals surface area contributed by atoms with Crippen LogP contribution in [0.3, 0.4) is 0 Å². The number of thioether (sulfide) groups is 1. The Morgan fingerprint density at radius 2 is 2.26 bits per heavy atom. The molecule has 1 unspecified atom stereocenters. The molecule has 1 aromatic rings. The lowest BCUT2D eigenvalue weighted by molar-refractivity contribution is -0.136. The first-order chi connectivity index (χ1) is 9.15. The number of carbonyl (C=O) groups is 2. The van der Waals surface area contributed by atoms with Crippen molar-refractivity contribution < 1.29 is 14.7 Å². The molecule has 0 bridgehead atoms. The zero-order valence-corrected chi connectivity index (χ0v) is 11.3. The second-order valence-electron chi connectivity index (χ2n) is 4.45. The maximum atomic E-state index is 12.0. The van der Waals surface area contributed by atoms with Crippen molar-refractivity contribution in [1.29, 1.82) is 0 Å². The fourth-order valence-electron chi connectivity index (χ4n) is 1.93. The van der Waals surface area contributed by atoms with Crippen molar-refractivity contribution in [2.75, 3.05) is 11.1 Å². The van der Waals surface area contributed by atoms with Crippen LogP contribution in [0.15, 0.2) is 18.3 Å². The summed E-state index contributed by atoms with van der Waals surface area (Å²) in [5.74, 6) is 0.133. The Labute approximate surface area is 115 Å². The van der Waals surface area contributed by atoms with Crippen molar-refractivity contribution in [3.05, 3.63) is 24.0 Å². The summed E-state index contributed by atoms with van der Waals surface area (Å²) in [6.45, 7) is 0. The average molecular weight is 280 g/mol. The van der Waals surface area contributed by atoms with Gasteiger partial charge in [0, 0.05) is 0 Å². The third-order valence-electron chi connectivity index (χ3n) is 2.90. The van der Waals surface area contributed by atoms with Crippen LogP contribution in [0.1, 0.15) is 25.0 Å². The van der Waals surface area contributed by atoms with Crippen molar-refractivity contribution in [2.45, 2.75) is 30.9 Å². The van der Waals surface area contributed by atoms with Gasteiger partial charge < -0.3 is 10.4 Å². The van der Waals surface area contributed by atoms with E-state index in [0.29, 0.717) is 11.4 Å². The summed E-state index contributed by atoms with van der Waals surface area (Å²) in [6, 6.07) is 3.31. The lowest BCUT2D eigenvalue weighted by Crippen LogP contribution is -2.27. The number of nitrogens with one attached hydrogen (secondary N) is 1. The van der Waals surface area contributed by atoms with E-state index >= 15 is 0 Å². The van der Waals surface area contributed by atoms with Gasteiger partial charge in [0.2, 0.25) is 5.91 Å². The molecule has 1 aromatic heterocycles.